The second-order valence-electron chi connectivity index (χ2n) is 6.85. The van der Waals surface area contributed by atoms with E-state index >= 15 is 0 Å². The number of nitrogens with zero attached hydrogens (tertiary/aromatic N) is 3. The summed E-state index contributed by atoms with van der Waals surface area (Å²) < 4.78 is 2.27. The molecule has 0 saturated heterocycles. The molecule has 2 fully saturated rings. The predicted molar refractivity (Wildman–Crippen MR) is 99.0 cm³/mol. The van der Waals surface area contributed by atoms with Gasteiger partial charge in [0.15, 0.2) is 5.16 Å². The molecule has 132 valence electrons. The largest absolute Gasteiger partial charge is 0.349 e. The third kappa shape index (κ3) is 4.01. The fourth-order valence-corrected chi connectivity index (χ4v) is 3.98. The van der Waals surface area contributed by atoms with Crippen LogP contribution in [0.15, 0.2) is 29.4 Å². The van der Waals surface area contributed by atoms with Crippen LogP contribution in [0.4, 0.5) is 0 Å². The number of halogens is 1. The number of amides is 1. The van der Waals surface area contributed by atoms with Crippen molar-refractivity contribution < 1.29 is 4.79 Å². The fourth-order valence-electron chi connectivity index (χ4n) is 2.96. The lowest BCUT2D eigenvalue weighted by atomic mass is 10.1. The van der Waals surface area contributed by atoms with E-state index in [0.29, 0.717) is 22.7 Å². The van der Waals surface area contributed by atoms with E-state index in [1.807, 2.05) is 31.2 Å². The van der Waals surface area contributed by atoms with Crippen molar-refractivity contribution >= 4 is 29.3 Å². The van der Waals surface area contributed by atoms with Crippen LogP contribution < -0.4 is 5.32 Å². The van der Waals surface area contributed by atoms with Crippen molar-refractivity contribution in [1.29, 1.82) is 0 Å². The highest BCUT2D eigenvalue weighted by Gasteiger charge is 2.36. The summed E-state index contributed by atoms with van der Waals surface area (Å²) in [6.07, 6.45) is 4.83. The Balaban J connectivity index is 1.36. The van der Waals surface area contributed by atoms with Crippen LogP contribution in [0.5, 0.6) is 0 Å². The summed E-state index contributed by atoms with van der Waals surface area (Å²) in [5.74, 6) is 2.05. The first-order chi connectivity index (χ1) is 12.1. The number of rotatable bonds is 7. The van der Waals surface area contributed by atoms with Crippen molar-refractivity contribution in [3.63, 3.8) is 0 Å². The number of carbonyl (C=O) groups excluding carboxylic acids is 1. The third-order valence-electron chi connectivity index (χ3n) is 4.60. The van der Waals surface area contributed by atoms with E-state index in [4.69, 9.17) is 11.6 Å². The Bertz CT molecular complexity index is 785. The molecule has 1 amide bonds. The molecule has 1 heterocycles. The molecule has 1 aromatic heterocycles. The molecule has 1 N–H and O–H groups in total. The Kier molecular flexibility index (Phi) is 4.73. The van der Waals surface area contributed by atoms with Gasteiger partial charge >= 0.3 is 0 Å². The van der Waals surface area contributed by atoms with Gasteiger partial charge in [-0.05, 0) is 50.3 Å². The minimum atomic E-state index is -0.0740. The smallest absolute Gasteiger partial charge is 0.230 e. The monoisotopic (exact) mass is 376 g/mol. The summed E-state index contributed by atoms with van der Waals surface area (Å²) in [4.78, 5) is 12.3. The molecule has 2 saturated carbocycles. The van der Waals surface area contributed by atoms with Crippen molar-refractivity contribution in [2.75, 3.05) is 5.75 Å². The van der Waals surface area contributed by atoms with Gasteiger partial charge in [0.25, 0.3) is 0 Å². The van der Waals surface area contributed by atoms with E-state index in [9.17, 15) is 4.79 Å². The van der Waals surface area contributed by atoms with Crippen LogP contribution in [0.25, 0.3) is 0 Å². The van der Waals surface area contributed by atoms with Crippen molar-refractivity contribution in [1.82, 2.24) is 20.1 Å². The zero-order valence-corrected chi connectivity index (χ0v) is 15.7. The number of benzene rings is 1. The molecule has 1 aromatic carbocycles. The summed E-state index contributed by atoms with van der Waals surface area (Å²) in [6.45, 7) is 1.96. The zero-order chi connectivity index (χ0) is 17.4. The van der Waals surface area contributed by atoms with Crippen molar-refractivity contribution in [3.8, 4) is 0 Å². The topological polar surface area (TPSA) is 59.8 Å². The van der Waals surface area contributed by atoms with Gasteiger partial charge in [-0.2, -0.15) is 0 Å². The molecule has 1 atom stereocenters. The molecule has 0 radical (unpaired) electrons. The zero-order valence-electron chi connectivity index (χ0n) is 14.1. The van der Waals surface area contributed by atoms with Gasteiger partial charge in [0.05, 0.1) is 11.8 Å². The number of thioether (sulfide) groups is 1. The minimum absolute atomic E-state index is 0.00389. The van der Waals surface area contributed by atoms with Gasteiger partial charge in [0.2, 0.25) is 5.91 Å². The first-order valence-electron chi connectivity index (χ1n) is 8.74. The van der Waals surface area contributed by atoms with E-state index in [2.05, 4.69) is 20.1 Å². The van der Waals surface area contributed by atoms with E-state index < -0.39 is 0 Å². The molecular formula is C18H21ClN4OS. The number of carbonyl (C=O) groups is 1. The van der Waals surface area contributed by atoms with Crippen LogP contribution in [0, 0.1) is 0 Å². The van der Waals surface area contributed by atoms with Crippen LogP contribution in [0.1, 0.15) is 62.0 Å². The third-order valence-corrected chi connectivity index (χ3v) is 5.78. The Morgan fingerprint density at radius 3 is 2.84 bits per heavy atom. The predicted octanol–water partition coefficient (Wildman–Crippen LogP) is 4.11. The Labute approximate surface area is 156 Å². The second-order valence-corrected chi connectivity index (χ2v) is 8.23. The summed E-state index contributed by atoms with van der Waals surface area (Å²) in [7, 11) is 0. The molecule has 4 rings (SSSR count). The van der Waals surface area contributed by atoms with E-state index in [-0.39, 0.29) is 11.9 Å². The molecule has 0 aliphatic heterocycles. The standard InChI is InChI=1S/C18H21ClN4OS/c1-11(13-3-2-4-14(19)9-13)20-16(24)10-25-18-22-21-17(12-5-6-12)23(18)15-7-8-15/h2-4,9,11-12,15H,5-8,10H2,1H3,(H,20,24)/t11-/m1/s1. The van der Waals surface area contributed by atoms with Crippen LogP contribution in [-0.4, -0.2) is 26.4 Å². The van der Waals surface area contributed by atoms with Gasteiger partial charge < -0.3 is 9.88 Å². The fraction of sp³-hybridized carbons (Fsp3) is 0.500. The maximum Gasteiger partial charge on any atom is 0.230 e. The SMILES string of the molecule is C[C@@H](NC(=O)CSc1nnc(C2CC2)n1C1CC1)c1cccc(Cl)c1. The number of aromatic nitrogens is 3. The molecule has 2 aliphatic carbocycles. The molecular weight excluding hydrogens is 356 g/mol. The highest BCUT2D eigenvalue weighted by Crippen LogP contribution is 2.45. The van der Waals surface area contributed by atoms with Crippen molar-refractivity contribution in [2.24, 2.45) is 0 Å². The van der Waals surface area contributed by atoms with Gasteiger partial charge in [-0.3, -0.25) is 4.79 Å². The Morgan fingerprint density at radius 2 is 2.16 bits per heavy atom. The maximum atomic E-state index is 12.3. The van der Waals surface area contributed by atoms with Gasteiger partial charge in [-0.25, -0.2) is 0 Å². The molecule has 5 nitrogen and oxygen atoms in total. The second kappa shape index (κ2) is 7.00. The summed E-state index contributed by atoms with van der Waals surface area (Å²) in [6, 6.07) is 8.04. The van der Waals surface area contributed by atoms with E-state index in [1.165, 1.54) is 37.4 Å². The number of hydrogen-bond donors (Lipinski definition) is 1. The van der Waals surface area contributed by atoms with Crippen LogP contribution in [0.3, 0.4) is 0 Å². The summed E-state index contributed by atoms with van der Waals surface area (Å²) in [5.41, 5.74) is 1.00. The van der Waals surface area contributed by atoms with Gasteiger partial charge in [0.1, 0.15) is 5.82 Å². The van der Waals surface area contributed by atoms with Crippen molar-refractivity contribution in [2.45, 2.75) is 55.8 Å². The maximum absolute atomic E-state index is 12.3. The molecule has 0 bridgehead atoms. The Hall–Kier alpha value is -1.53. The molecule has 7 heteroatoms. The summed E-state index contributed by atoms with van der Waals surface area (Å²) >= 11 is 7.50. The quantitative estimate of drug-likeness (QED) is 0.738. The van der Waals surface area contributed by atoms with Crippen molar-refractivity contribution in [3.05, 3.63) is 40.7 Å². The minimum Gasteiger partial charge on any atom is -0.349 e. The van der Waals surface area contributed by atoms with Crippen LogP contribution >= 0.6 is 23.4 Å². The van der Waals surface area contributed by atoms with Gasteiger partial charge in [-0.15, -0.1) is 10.2 Å². The lowest BCUT2D eigenvalue weighted by Gasteiger charge is -2.14. The molecule has 0 spiro atoms. The average molecular weight is 377 g/mol. The molecule has 2 aliphatic rings. The molecule has 2 aromatic rings. The lowest BCUT2D eigenvalue weighted by molar-refractivity contribution is -0.119. The van der Waals surface area contributed by atoms with Crippen LogP contribution in [-0.2, 0) is 4.79 Å². The molecule has 25 heavy (non-hydrogen) atoms. The number of nitrogens with one attached hydrogen (secondary N) is 1. The van der Waals surface area contributed by atoms with E-state index in [0.717, 1.165) is 16.5 Å². The normalized spacial score (nSPS) is 18.2. The number of hydrogen-bond acceptors (Lipinski definition) is 4. The Morgan fingerprint density at radius 1 is 1.36 bits per heavy atom. The first kappa shape index (κ1) is 16.9. The molecule has 0 unspecified atom stereocenters. The van der Waals surface area contributed by atoms with Crippen LogP contribution in [0.2, 0.25) is 5.02 Å². The van der Waals surface area contributed by atoms with Gasteiger partial charge in [-0.1, -0.05) is 35.5 Å². The average Bonchev–Trinajstić information content (AvgIpc) is 3.51. The van der Waals surface area contributed by atoms with E-state index in [1.54, 1.807) is 0 Å². The lowest BCUT2D eigenvalue weighted by Crippen LogP contribution is -2.28. The highest BCUT2D eigenvalue weighted by molar-refractivity contribution is 7.99. The van der Waals surface area contributed by atoms with Gasteiger partial charge in [0, 0.05) is 17.0 Å². The summed E-state index contributed by atoms with van der Waals surface area (Å²) in [5, 5.41) is 13.3. The first-order valence-corrected chi connectivity index (χ1v) is 10.1. The highest BCUT2D eigenvalue weighted by atomic mass is 35.5.